The van der Waals surface area contributed by atoms with Gasteiger partial charge in [-0.05, 0) is 19.1 Å². The average Bonchev–Trinajstić information content (AvgIpc) is 2.67. The van der Waals surface area contributed by atoms with E-state index in [4.69, 9.17) is 0 Å². The highest BCUT2D eigenvalue weighted by atomic mass is 16.2. The molecule has 0 radical (unpaired) electrons. The molecule has 5 nitrogen and oxygen atoms in total. The van der Waals surface area contributed by atoms with Gasteiger partial charge in [0.1, 0.15) is 6.54 Å². The van der Waals surface area contributed by atoms with E-state index in [1.807, 2.05) is 23.1 Å². The van der Waals surface area contributed by atoms with Gasteiger partial charge in [0.25, 0.3) is 5.91 Å². The topological polar surface area (TPSA) is 53.9 Å². The first-order valence-corrected chi connectivity index (χ1v) is 9.12. The van der Waals surface area contributed by atoms with Crippen molar-refractivity contribution in [2.75, 3.05) is 32.7 Å². The van der Waals surface area contributed by atoms with Crippen LogP contribution in [0, 0.1) is 6.92 Å². The number of nitrogens with zero attached hydrogens (tertiary/aromatic N) is 1. The molecular weight excluding hydrogens is 326 g/mol. The van der Waals surface area contributed by atoms with Gasteiger partial charge in [0.05, 0.1) is 32.7 Å². The number of amides is 2. The summed E-state index contributed by atoms with van der Waals surface area (Å²) in [6, 6.07) is 17.6. The van der Waals surface area contributed by atoms with Crippen molar-refractivity contribution in [3.8, 4) is 0 Å². The summed E-state index contributed by atoms with van der Waals surface area (Å²) in [4.78, 5) is 27.7. The first kappa shape index (κ1) is 18.1. The maximum absolute atomic E-state index is 12.3. The molecule has 0 unspecified atom stereocenters. The van der Waals surface area contributed by atoms with E-state index < -0.39 is 0 Å². The summed E-state index contributed by atoms with van der Waals surface area (Å²) in [7, 11) is 0. The number of piperazine rings is 1. The highest BCUT2D eigenvalue weighted by Gasteiger charge is 2.24. The molecule has 1 heterocycles. The molecule has 5 heteroatoms. The summed E-state index contributed by atoms with van der Waals surface area (Å²) in [6.45, 7) is 6.51. The number of carbonyl (C=O) groups excluding carboxylic acids is 2. The summed E-state index contributed by atoms with van der Waals surface area (Å²) in [6.07, 6.45) is 0. The van der Waals surface area contributed by atoms with E-state index in [-0.39, 0.29) is 18.4 Å². The third-order valence-corrected chi connectivity index (χ3v) is 4.80. The van der Waals surface area contributed by atoms with Gasteiger partial charge >= 0.3 is 0 Å². The Kier molecular flexibility index (Phi) is 6.02. The second-order valence-electron chi connectivity index (χ2n) is 6.85. The van der Waals surface area contributed by atoms with Crippen molar-refractivity contribution in [1.82, 2.24) is 10.2 Å². The van der Waals surface area contributed by atoms with E-state index >= 15 is 0 Å². The number of aryl methyl sites for hydroxylation is 1. The minimum Gasteiger partial charge on any atom is -0.343 e. The van der Waals surface area contributed by atoms with E-state index in [1.165, 1.54) is 16.0 Å². The Morgan fingerprint density at radius 3 is 2.46 bits per heavy atom. The summed E-state index contributed by atoms with van der Waals surface area (Å²) in [5.74, 6) is -0.216. The zero-order valence-electron chi connectivity index (χ0n) is 15.2. The Bertz CT molecular complexity index is 753. The van der Waals surface area contributed by atoms with Crippen molar-refractivity contribution in [3.05, 3.63) is 71.3 Å². The number of hydrogen-bond acceptors (Lipinski definition) is 2. The van der Waals surface area contributed by atoms with Crippen molar-refractivity contribution >= 4 is 11.8 Å². The van der Waals surface area contributed by atoms with Gasteiger partial charge in [0.2, 0.25) is 5.91 Å². The molecule has 0 aliphatic carbocycles. The summed E-state index contributed by atoms with van der Waals surface area (Å²) in [5.41, 5.74) is 3.20. The molecular formula is C21H26N3O2+. The zero-order valence-corrected chi connectivity index (χ0v) is 15.2. The Balaban J connectivity index is 1.43. The fourth-order valence-corrected chi connectivity index (χ4v) is 3.32. The minimum atomic E-state index is -0.206. The lowest BCUT2D eigenvalue weighted by Crippen LogP contribution is -3.13. The van der Waals surface area contributed by atoms with Gasteiger partial charge in [-0.3, -0.25) is 9.59 Å². The standard InChI is InChI=1S/C21H25N3O2/c1-17-6-5-7-18(14-17)16-23-10-12-24(13-11-23)20(25)15-22-21(26)19-8-3-2-4-9-19/h2-9,14H,10-13,15-16H2,1H3,(H,22,26)/p+1. The molecule has 1 aliphatic heterocycles. The first-order chi connectivity index (χ1) is 12.6. The molecule has 1 fully saturated rings. The van der Waals surface area contributed by atoms with E-state index in [0.29, 0.717) is 5.56 Å². The Hall–Kier alpha value is -2.66. The lowest BCUT2D eigenvalue weighted by Gasteiger charge is -2.32. The van der Waals surface area contributed by atoms with Crippen LogP contribution >= 0.6 is 0 Å². The van der Waals surface area contributed by atoms with Crippen LogP contribution in [0.5, 0.6) is 0 Å². The lowest BCUT2D eigenvalue weighted by molar-refractivity contribution is -0.917. The van der Waals surface area contributed by atoms with Crippen LogP contribution in [0.2, 0.25) is 0 Å². The van der Waals surface area contributed by atoms with Crippen molar-refractivity contribution in [3.63, 3.8) is 0 Å². The largest absolute Gasteiger partial charge is 0.343 e. The normalized spacial score (nSPS) is 14.9. The fraction of sp³-hybridized carbons (Fsp3) is 0.333. The highest BCUT2D eigenvalue weighted by molar-refractivity contribution is 5.96. The monoisotopic (exact) mass is 352 g/mol. The van der Waals surface area contributed by atoms with E-state index in [2.05, 4.69) is 36.5 Å². The molecule has 0 atom stereocenters. The maximum Gasteiger partial charge on any atom is 0.251 e. The van der Waals surface area contributed by atoms with Crippen molar-refractivity contribution in [1.29, 1.82) is 0 Å². The van der Waals surface area contributed by atoms with Crippen molar-refractivity contribution < 1.29 is 14.5 Å². The second kappa shape index (κ2) is 8.63. The zero-order chi connectivity index (χ0) is 18.4. The molecule has 26 heavy (non-hydrogen) atoms. The van der Waals surface area contributed by atoms with Gasteiger partial charge in [0.15, 0.2) is 0 Å². The second-order valence-corrected chi connectivity index (χ2v) is 6.85. The van der Waals surface area contributed by atoms with Crippen LogP contribution in [0.1, 0.15) is 21.5 Å². The first-order valence-electron chi connectivity index (χ1n) is 9.12. The van der Waals surface area contributed by atoms with Crippen LogP contribution in [0.15, 0.2) is 54.6 Å². The van der Waals surface area contributed by atoms with Crippen LogP contribution in [0.3, 0.4) is 0 Å². The van der Waals surface area contributed by atoms with E-state index in [9.17, 15) is 9.59 Å². The lowest BCUT2D eigenvalue weighted by atomic mass is 10.1. The predicted octanol–water partition coefficient (Wildman–Crippen LogP) is 0.652. The van der Waals surface area contributed by atoms with Gasteiger partial charge in [-0.1, -0.05) is 48.0 Å². The van der Waals surface area contributed by atoms with E-state index in [1.54, 1.807) is 12.1 Å². The highest BCUT2D eigenvalue weighted by Crippen LogP contribution is 2.03. The number of carbonyl (C=O) groups is 2. The molecule has 136 valence electrons. The van der Waals surface area contributed by atoms with Crippen molar-refractivity contribution in [2.24, 2.45) is 0 Å². The Morgan fingerprint density at radius 2 is 1.77 bits per heavy atom. The smallest absolute Gasteiger partial charge is 0.251 e. The summed E-state index contributed by atoms with van der Waals surface area (Å²) >= 11 is 0. The number of hydrogen-bond donors (Lipinski definition) is 2. The number of rotatable bonds is 5. The molecule has 0 bridgehead atoms. The third-order valence-electron chi connectivity index (χ3n) is 4.80. The van der Waals surface area contributed by atoms with Gasteiger partial charge < -0.3 is 15.1 Å². The van der Waals surface area contributed by atoms with Crippen LogP contribution in [0.4, 0.5) is 0 Å². The SMILES string of the molecule is Cc1cccc(C[NH+]2CCN(C(=O)CNC(=O)c3ccccc3)CC2)c1. The van der Waals surface area contributed by atoms with Gasteiger partial charge in [-0.25, -0.2) is 0 Å². The van der Waals surface area contributed by atoms with Crippen molar-refractivity contribution in [2.45, 2.75) is 13.5 Å². The van der Waals surface area contributed by atoms with Gasteiger partial charge in [0, 0.05) is 11.1 Å². The molecule has 2 N–H and O–H groups in total. The van der Waals surface area contributed by atoms with Crippen LogP contribution in [-0.4, -0.2) is 49.4 Å². The molecule has 2 aromatic rings. The molecule has 3 rings (SSSR count). The van der Waals surface area contributed by atoms with Crippen LogP contribution in [0.25, 0.3) is 0 Å². The third kappa shape index (κ3) is 4.92. The molecule has 2 aromatic carbocycles. The predicted molar refractivity (Wildman–Crippen MR) is 101 cm³/mol. The minimum absolute atomic E-state index is 0.0103. The quantitative estimate of drug-likeness (QED) is 0.830. The molecule has 1 aliphatic rings. The molecule has 0 saturated carbocycles. The van der Waals surface area contributed by atoms with Crippen LogP contribution < -0.4 is 10.2 Å². The molecule has 0 aromatic heterocycles. The average molecular weight is 352 g/mol. The Labute approximate surface area is 154 Å². The van der Waals surface area contributed by atoms with E-state index in [0.717, 1.165) is 32.7 Å². The number of nitrogens with one attached hydrogen (secondary N) is 2. The fourth-order valence-electron chi connectivity index (χ4n) is 3.32. The molecule has 1 saturated heterocycles. The number of quaternary nitrogens is 1. The maximum atomic E-state index is 12.3. The van der Waals surface area contributed by atoms with Gasteiger partial charge in [-0.15, -0.1) is 0 Å². The number of benzene rings is 2. The molecule has 0 spiro atoms. The molecule has 2 amide bonds. The summed E-state index contributed by atoms with van der Waals surface area (Å²) < 4.78 is 0. The van der Waals surface area contributed by atoms with Crippen LogP contribution in [-0.2, 0) is 11.3 Å². The Morgan fingerprint density at radius 1 is 1.04 bits per heavy atom. The van der Waals surface area contributed by atoms with Gasteiger partial charge in [-0.2, -0.15) is 0 Å². The summed E-state index contributed by atoms with van der Waals surface area (Å²) in [5, 5.41) is 2.72.